The van der Waals surface area contributed by atoms with Crippen molar-refractivity contribution in [3.05, 3.63) is 29.3 Å². The van der Waals surface area contributed by atoms with Crippen molar-refractivity contribution in [3.63, 3.8) is 0 Å². The van der Waals surface area contributed by atoms with Crippen molar-refractivity contribution in [2.75, 3.05) is 5.32 Å². The smallest absolute Gasteiger partial charge is 0.322 e. The number of benzene rings is 1. The Kier molecular flexibility index (Phi) is 4.76. The van der Waals surface area contributed by atoms with E-state index in [2.05, 4.69) is 10.6 Å². The summed E-state index contributed by atoms with van der Waals surface area (Å²) in [5, 5.41) is 6.57. The second-order valence-corrected chi connectivity index (χ2v) is 6.89. The summed E-state index contributed by atoms with van der Waals surface area (Å²) >= 11 is 5.97. The molecule has 2 bridgehead atoms. The summed E-state index contributed by atoms with van der Waals surface area (Å²) in [6, 6.07) is 7.69. The van der Waals surface area contributed by atoms with Gasteiger partial charge in [0.25, 0.3) is 0 Å². The topological polar surface area (TPSA) is 61.4 Å². The molecule has 1 aromatic rings. The molecule has 1 aromatic carbocycles. The molecule has 0 aliphatic carbocycles. The van der Waals surface area contributed by atoms with Crippen LogP contribution >= 0.6 is 11.6 Å². The predicted octanol–water partition coefficient (Wildman–Crippen LogP) is 3.39. The van der Waals surface area contributed by atoms with Crippen LogP contribution in [0.1, 0.15) is 39.0 Å². The van der Waals surface area contributed by atoms with Gasteiger partial charge < -0.3 is 15.5 Å². The number of amides is 3. The zero-order valence-electron chi connectivity index (χ0n) is 13.2. The lowest BCUT2D eigenvalue weighted by atomic mass is 9.82. The maximum Gasteiger partial charge on any atom is 0.322 e. The van der Waals surface area contributed by atoms with Crippen molar-refractivity contribution in [1.29, 1.82) is 0 Å². The first kappa shape index (κ1) is 16.1. The minimum Gasteiger partial charge on any atom is -0.353 e. The molecule has 3 amide bonds. The fraction of sp³-hybridized carbons (Fsp3) is 0.529. The number of hydrogen-bond acceptors (Lipinski definition) is 2. The van der Waals surface area contributed by atoms with Crippen LogP contribution in [0, 0.1) is 0 Å². The highest BCUT2D eigenvalue weighted by molar-refractivity contribution is 6.30. The van der Waals surface area contributed by atoms with E-state index >= 15 is 0 Å². The van der Waals surface area contributed by atoms with Crippen molar-refractivity contribution < 1.29 is 9.59 Å². The fourth-order valence-corrected chi connectivity index (χ4v) is 4.06. The summed E-state index contributed by atoms with van der Waals surface area (Å²) in [5.41, 5.74) is 0.713. The number of anilines is 1. The van der Waals surface area contributed by atoms with E-state index in [9.17, 15) is 9.59 Å². The van der Waals surface area contributed by atoms with Gasteiger partial charge in [-0.15, -0.1) is 0 Å². The van der Waals surface area contributed by atoms with Crippen LogP contribution in [0.25, 0.3) is 0 Å². The van der Waals surface area contributed by atoms with Crippen LogP contribution in [0.2, 0.25) is 5.02 Å². The Bertz CT molecular complexity index is 593. The van der Waals surface area contributed by atoms with Gasteiger partial charge in [-0.05, 0) is 50.3 Å². The maximum atomic E-state index is 12.7. The third-order valence-electron chi connectivity index (χ3n) is 4.69. The van der Waals surface area contributed by atoms with E-state index in [1.54, 1.807) is 19.1 Å². The van der Waals surface area contributed by atoms with Gasteiger partial charge in [-0.2, -0.15) is 0 Å². The summed E-state index contributed by atoms with van der Waals surface area (Å²) in [6.45, 7) is 1.55. The lowest BCUT2D eigenvalue weighted by Gasteiger charge is -2.48. The second-order valence-electron chi connectivity index (χ2n) is 6.46. The van der Waals surface area contributed by atoms with Crippen molar-refractivity contribution in [2.45, 2.75) is 57.2 Å². The Balaban J connectivity index is 1.69. The van der Waals surface area contributed by atoms with Gasteiger partial charge >= 0.3 is 6.03 Å². The predicted molar refractivity (Wildman–Crippen MR) is 90.6 cm³/mol. The first-order valence-corrected chi connectivity index (χ1v) is 8.52. The van der Waals surface area contributed by atoms with Crippen molar-refractivity contribution in [1.82, 2.24) is 10.2 Å². The summed E-state index contributed by atoms with van der Waals surface area (Å²) in [7, 11) is 0. The number of carbonyl (C=O) groups excluding carboxylic acids is 2. The average molecular weight is 336 g/mol. The number of nitrogens with zero attached hydrogens (tertiary/aromatic N) is 1. The van der Waals surface area contributed by atoms with Crippen LogP contribution in [0.4, 0.5) is 10.5 Å². The van der Waals surface area contributed by atoms with E-state index in [0.717, 1.165) is 32.1 Å². The SMILES string of the molecule is CC(=O)NC1C[C@H]2CCC[C@H](C1)N2C(=O)Nc1cccc(Cl)c1. The molecule has 0 aromatic heterocycles. The monoisotopic (exact) mass is 335 g/mol. The van der Waals surface area contributed by atoms with Crippen LogP contribution in [0.15, 0.2) is 24.3 Å². The third kappa shape index (κ3) is 3.78. The van der Waals surface area contributed by atoms with Gasteiger partial charge in [0.1, 0.15) is 0 Å². The molecule has 124 valence electrons. The molecule has 6 heteroatoms. The number of hydrogen-bond donors (Lipinski definition) is 2. The molecule has 2 saturated heterocycles. The Morgan fingerprint density at radius 1 is 1.22 bits per heavy atom. The largest absolute Gasteiger partial charge is 0.353 e. The van der Waals surface area contributed by atoms with Crippen LogP contribution in [0.5, 0.6) is 0 Å². The molecule has 2 fully saturated rings. The van der Waals surface area contributed by atoms with Crippen molar-refractivity contribution in [3.8, 4) is 0 Å². The second kappa shape index (κ2) is 6.79. The van der Waals surface area contributed by atoms with Crippen molar-refractivity contribution in [2.24, 2.45) is 0 Å². The molecule has 2 N–H and O–H groups in total. The Morgan fingerprint density at radius 3 is 2.52 bits per heavy atom. The highest BCUT2D eigenvalue weighted by atomic mass is 35.5. The van der Waals surface area contributed by atoms with E-state index < -0.39 is 0 Å². The minimum atomic E-state index is -0.0664. The van der Waals surface area contributed by atoms with Crippen LogP contribution < -0.4 is 10.6 Å². The lowest BCUT2D eigenvalue weighted by molar-refractivity contribution is -0.120. The molecule has 0 spiro atoms. The van der Waals surface area contributed by atoms with E-state index in [1.807, 2.05) is 17.0 Å². The summed E-state index contributed by atoms with van der Waals surface area (Å²) in [6.07, 6.45) is 4.80. The van der Waals surface area contributed by atoms with Gasteiger partial charge in [0.15, 0.2) is 0 Å². The number of carbonyl (C=O) groups is 2. The number of rotatable bonds is 2. The zero-order valence-corrected chi connectivity index (χ0v) is 14.0. The standard InChI is InChI=1S/C17H22ClN3O2/c1-11(22)19-14-9-15-6-3-7-16(10-14)21(15)17(23)20-13-5-2-4-12(18)8-13/h2,4-5,8,14-16H,3,6-7,9-10H2,1H3,(H,19,22)(H,20,23)/t15-,16-/m1/s1. The number of halogens is 1. The molecule has 5 nitrogen and oxygen atoms in total. The molecule has 2 aliphatic heterocycles. The molecular formula is C17H22ClN3O2. The maximum absolute atomic E-state index is 12.7. The van der Waals surface area contributed by atoms with Crippen molar-refractivity contribution >= 4 is 29.2 Å². The van der Waals surface area contributed by atoms with Gasteiger partial charge in [-0.25, -0.2) is 4.79 Å². The molecule has 0 saturated carbocycles. The molecule has 3 rings (SSSR count). The quantitative estimate of drug-likeness (QED) is 0.870. The van der Waals surface area contributed by atoms with E-state index in [4.69, 9.17) is 11.6 Å². The summed E-state index contributed by atoms with van der Waals surface area (Å²) in [4.78, 5) is 26.0. The molecular weight excluding hydrogens is 314 g/mol. The molecule has 0 unspecified atom stereocenters. The third-order valence-corrected chi connectivity index (χ3v) is 4.93. The molecule has 2 heterocycles. The van der Waals surface area contributed by atoms with Gasteiger partial charge in [0.05, 0.1) is 0 Å². The first-order chi connectivity index (χ1) is 11.0. The minimum absolute atomic E-state index is 0.00454. The number of piperidine rings is 2. The Hall–Kier alpha value is -1.75. The van der Waals surface area contributed by atoms with Gasteiger partial charge in [0, 0.05) is 35.8 Å². The van der Waals surface area contributed by atoms with Crippen LogP contribution in [0.3, 0.4) is 0 Å². The highest BCUT2D eigenvalue weighted by Crippen LogP contribution is 2.34. The average Bonchev–Trinajstić information content (AvgIpc) is 2.45. The highest BCUT2D eigenvalue weighted by Gasteiger charge is 2.41. The van der Waals surface area contributed by atoms with E-state index in [0.29, 0.717) is 10.7 Å². The Labute approximate surface area is 141 Å². The molecule has 2 atom stereocenters. The fourth-order valence-electron chi connectivity index (χ4n) is 3.87. The van der Waals surface area contributed by atoms with E-state index in [1.165, 1.54) is 0 Å². The number of fused-ring (bicyclic) bond motifs is 2. The summed E-state index contributed by atoms with van der Waals surface area (Å²) in [5.74, 6) is 0.00454. The molecule has 0 radical (unpaired) electrons. The number of urea groups is 1. The Morgan fingerprint density at radius 2 is 1.91 bits per heavy atom. The summed E-state index contributed by atoms with van der Waals surface area (Å²) < 4.78 is 0. The van der Waals surface area contributed by atoms with Crippen LogP contribution in [-0.2, 0) is 4.79 Å². The zero-order chi connectivity index (χ0) is 16.4. The number of nitrogens with one attached hydrogen (secondary N) is 2. The normalized spacial score (nSPS) is 26.5. The van der Waals surface area contributed by atoms with Crippen LogP contribution in [-0.4, -0.2) is 35.0 Å². The molecule has 23 heavy (non-hydrogen) atoms. The van der Waals surface area contributed by atoms with Gasteiger partial charge in [-0.3, -0.25) is 4.79 Å². The van der Waals surface area contributed by atoms with Gasteiger partial charge in [0.2, 0.25) is 5.91 Å². The first-order valence-electron chi connectivity index (χ1n) is 8.15. The van der Waals surface area contributed by atoms with E-state index in [-0.39, 0.29) is 30.1 Å². The van der Waals surface area contributed by atoms with Gasteiger partial charge in [-0.1, -0.05) is 17.7 Å². The molecule has 2 aliphatic rings. The lowest BCUT2D eigenvalue weighted by Crippen LogP contribution is -2.59.